The number of para-hydroxylation sites is 1. The molecule has 0 spiro atoms. The maximum Gasteiger partial charge on any atom is 0.282 e. The number of rotatable bonds is 5. The molecular weight excluding hydrogens is 390 g/mol. The Labute approximate surface area is 171 Å². The average Bonchev–Trinajstić information content (AvgIpc) is 3.18. The number of anilines is 1. The third kappa shape index (κ3) is 4.01. The molecule has 4 rings (SSSR count). The summed E-state index contributed by atoms with van der Waals surface area (Å²) in [6.07, 6.45) is 0.894. The summed E-state index contributed by atoms with van der Waals surface area (Å²) >= 11 is 0. The van der Waals surface area contributed by atoms with Crippen LogP contribution in [0.1, 0.15) is 5.56 Å². The fourth-order valence-electron chi connectivity index (χ4n) is 4.02. The van der Waals surface area contributed by atoms with Gasteiger partial charge in [0.1, 0.15) is 5.75 Å². The first-order chi connectivity index (χ1) is 14.0. The first-order valence-corrected chi connectivity index (χ1v) is 11.3. The highest BCUT2D eigenvalue weighted by Gasteiger charge is 2.33. The van der Waals surface area contributed by atoms with Crippen molar-refractivity contribution in [2.24, 2.45) is 0 Å². The summed E-state index contributed by atoms with van der Waals surface area (Å²) in [7, 11) is -1.98. The van der Waals surface area contributed by atoms with E-state index in [1.54, 1.807) is 31.4 Å². The van der Waals surface area contributed by atoms with Crippen LogP contribution >= 0.6 is 0 Å². The molecule has 0 saturated carbocycles. The molecule has 2 aliphatic rings. The highest BCUT2D eigenvalue weighted by molar-refractivity contribution is 7.89. The Kier molecular flexibility index (Phi) is 5.58. The smallest absolute Gasteiger partial charge is 0.282 e. The zero-order valence-electron chi connectivity index (χ0n) is 16.5. The normalized spacial score (nSPS) is 17.9. The van der Waals surface area contributed by atoms with Crippen LogP contribution < -0.4 is 14.5 Å². The molecule has 0 bridgehead atoms. The molecule has 2 aromatic carbocycles. The van der Waals surface area contributed by atoms with E-state index in [-0.39, 0.29) is 10.8 Å². The molecule has 0 aromatic heterocycles. The molecule has 2 aromatic rings. The van der Waals surface area contributed by atoms with E-state index in [2.05, 4.69) is 6.07 Å². The third-order valence-electron chi connectivity index (χ3n) is 5.72. The summed E-state index contributed by atoms with van der Waals surface area (Å²) in [4.78, 5) is 16.1. The predicted octanol–water partition coefficient (Wildman–Crippen LogP) is 0.174. The minimum Gasteiger partial charge on any atom is -0.497 e. The number of benzene rings is 2. The molecular formula is C21H26N3O4S+. The van der Waals surface area contributed by atoms with E-state index in [0.717, 1.165) is 23.6 Å². The summed E-state index contributed by atoms with van der Waals surface area (Å²) in [6.45, 7) is 3.18. The van der Waals surface area contributed by atoms with E-state index in [1.165, 1.54) is 9.87 Å². The molecule has 1 fully saturated rings. The van der Waals surface area contributed by atoms with Gasteiger partial charge in [0.05, 0.1) is 38.2 Å². The Balaban J connectivity index is 1.35. The van der Waals surface area contributed by atoms with Crippen LogP contribution in [0.2, 0.25) is 0 Å². The lowest BCUT2D eigenvalue weighted by atomic mass is 10.2. The molecule has 1 N–H and O–H groups in total. The van der Waals surface area contributed by atoms with Crippen molar-refractivity contribution < 1.29 is 22.8 Å². The van der Waals surface area contributed by atoms with Crippen molar-refractivity contribution in [1.29, 1.82) is 0 Å². The van der Waals surface area contributed by atoms with E-state index in [9.17, 15) is 13.2 Å². The Hall–Kier alpha value is -2.42. The number of sulfonamides is 1. The Bertz CT molecular complexity index is 983. The third-order valence-corrected chi connectivity index (χ3v) is 7.63. The van der Waals surface area contributed by atoms with Gasteiger partial charge >= 0.3 is 0 Å². The number of methoxy groups -OCH3 is 1. The molecule has 0 atom stereocenters. The monoisotopic (exact) mass is 416 g/mol. The number of nitrogens with zero attached hydrogens (tertiary/aromatic N) is 2. The number of nitrogens with one attached hydrogen (secondary N) is 1. The number of carbonyl (C=O) groups excluding carboxylic acids is 1. The Morgan fingerprint density at radius 1 is 1.03 bits per heavy atom. The average molecular weight is 417 g/mol. The fraction of sp³-hybridized carbons (Fsp3) is 0.381. The van der Waals surface area contributed by atoms with E-state index >= 15 is 0 Å². The van der Waals surface area contributed by atoms with Crippen LogP contribution in [0.25, 0.3) is 0 Å². The standard InChI is InChI=1S/C21H25N3O4S/c1-28-18-6-8-19(9-7-18)29(26,27)23-14-12-22(13-15-23)16-21(25)24-11-10-17-4-2-3-5-20(17)24/h2-9H,10-16H2,1H3/p+1. The number of ether oxygens (including phenoxy) is 1. The topological polar surface area (TPSA) is 71.4 Å². The number of hydrogen-bond donors (Lipinski definition) is 1. The van der Waals surface area contributed by atoms with E-state index in [4.69, 9.17) is 4.74 Å². The molecule has 2 heterocycles. The SMILES string of the molecule is COc1ccc(S(=O)(=O)N2CC[NH+](CC(=O)N3CCc4ccccc43)CC2)cc1. The summed E-state index contributed by atoms with van der Waals surface area (Å²) in [5, 5.41) is 0. The van der Waals surface area contributed by atoms with Crippen LogP contribution in [-0.2, 0) is 21.2 Å². The lowest BCUT2D eigenvalue weighted by molar-refractivity contribution is -0.895. The largest absolute Gasteiger partial charge is 0.497 e. The molecule has 29 heavy (non-hydrogen) atoms. The van der Waals surface area contributed by atoms with Crippen molar-refractivity contribution >= 4 is 21.6 Å². The van der Waals surface area contributed by atoms with Gasteiger partial charge < -0.3 is 14.5 Å². The molecule has 0 aliphatic carbocycles. The molecule has 7 nitrogen and oxygen atoms in total. The van der Waals surface area contributed by atoms with Crippen molar-refractivity contribution in [2.75, 3.05) is 51.3 Å². The summed E-state index contributed by atoms with van der Waals surface area (Å²) < 4.78 is 32.3. The van der Waals surface area contributed by atoms with Crippen molar-refractivity contribution in [3.63, 3.8) is 0 Å². The van der Waals surface area contributed by atoms with Gasteiger partial charge in [-0.3, -0.25) is 4.79 Å². The molecule has 2 aliphatic heterocycles. The van der Waals surface area contributed by atoms with Gasteiger partial charge in [-0.1, -0.05) is 18.2 Å². The van der Waals surface area contributed by atoms with Crippen molar-refractivity contribution in [3.8, 4) is 5.75 Å². The molecule has 154 valence electrons. The predicted molar refractivity (Wildman–Crippen MR) is 110 cm³/mol. The second-order valence-corrected chi connectivity index (χ2v) is 9.37. The highest BCUT2D eigenvalue weighted by atomic mass is 32.2. The van der Waals surface area contributed by atoms with Gasteiger partial charge in [-0.15, -0.1) is 0 Å². The minimum atomic E-state index is -3.53. The lowest BCUT2D eigenvalue weighted by Gasteiger charge is -2.32. The van der Waals surface area contributed by atoms with Gasteiger partial charge in [0.2, 0.25) is 10.0 Å². The summed E-state index contributed by atoms with van der Waals surface area (Å²) in [5.74, 6) is 0.733. The number of piperazine rings is 1. The van der Waals surface area contributed by atoms with Gasteiger partial charge in [-0.2, -0.15) is 4.31 Å². The first kappa shape index (κ1) is 19.9. The van der Waals surface area contributed by atoms with Crippen molar-refractivity contribution in [2.45, 2.75) is 11.3 Å². The van der Waals surface area contributed by atoms with E-state index < -0.39 is 10.0 Å². The summed E-state index contributed by atoms with van der Waals surface area (Å²) in [6, 6.07) is 14.5. The van der Waals surface area contributed by atoms with Gasteiger partial charge in [-0.25, -0.2) is 8.42 Å². The molecule has 0 unspecified atom stereocenters. The Morgan fingerprint density at radius 3 is 2.41 bits per heavy atom. The van der Waals surface area contributed by atoms with Crippen LogP contribution in [-0.4, -0.2) is 65.0 Å². The number of amides is 1. The lowest BCUT2D eigenvalue weighted by Crippen LogP contribution is -3.15. The fourth-order valence-corrected chi connectivity index (χ4v) is 5.46. The maximum atomic E-state index is 12.9. The molecule has 1 saturated heterocycles. The van der Waals surface area contributed by atoms with Crippen molar-refractivity contribution in [1.82, 2.24) is 4.31 Å². The minimum absolute atomic E-state index is 0.108. The number of quaternary nitrogens is 1. The first-order valence-electron chi connectivity index (χ1n) is 9.85. The van der Waals surface area contributed by atoms with Gasteiger partial charge in [0, 0.05) is 12.2 Å². The van der Waals surface area contributed by atoms with E-state index in [0.29, 0.717) is 38.5 Å². The van der Waals surface area contributed by atoms with Gasteiger partial charge in [-0.05, 0) is 42.3 Å². The maximum absolute atomic E-state index is 12.9. The quantitative estimate of drug-likeness (QED) is 0.755. The van der Waals surface area contributed by atoms with E-state index in [1.807, 2.05) is 23.1 Å². The zero-order valence-corrected chi connectivity index (χ0v) is 17.3. The van der Waals surface area contributed by atoms with Crippen LogP contribution in [0.4, 0.5) is 5.69 Å². The van der Waals surface area contributed by atoms with Gasteiger partial charge in [0.15, 0.2) is 6.54 Å². The Morgan fingerprint density at radius 2 is 1.72 bits per heavy atom. The number of fused-ring (bicyclic) bond motifs is 1. The molecule has 1 amide bonds. The second kappa shape index (κ2) is 8.14. The molecule has 8 heteroatoms. The van der Waals surface area contributed by atoms with Crippen LogP contribution in [0.5, 0.6) is 5.75 Å². The number of hydrogen-bond acceptors (Lipinski definition) is 4. The van der Waals surface area contributed by atoms with Crippen LogP contribution in [0, 0.1) is 0 Å². The molecule has 0 radical (unpaired) electrons. The van der Waals surface area contributed by atoms with Crippen molar-refractivity contribution in [3.05, 3.63) is 54.1 Å². The highest BCUT2D eigenvalue weighted by Crippen LogP contribution is 2.27. The second-order valence-electron chi connectivity index (χ2n) is 7.43. The van der Waals surface area contributed by atoms with Crippen LogP contribution in [0.15, 0.2) is 53.4 Å². The summed E-state index contributed by atoms with van der Waals surface area (Å²) in [5.41, 5.74) is 2.23. The zero-order chi connectivity index (χ0) is 20.4. The number of carbonyl (C=O) groups is 1. The van der Waals surface area contributed by atoms with Crippen LogP contribution in [0.3, 0.4) is 0 Å². The van der Waals surface area contributed by atoms with Gasteiger partial charge in [0.25, 0.3) is 5.91 Å².